The first kappa shape index (κ1) is 16.1. The predicted octanol–water partition coefficient (Wildman–Crippen LogP) is 4.28. The molecule has 0 aliphatic heterocycles. The van der Waals surface area contributed by atoms with Crippen LogP contribution < -0.4 is 5.32 Å². The SMILES string of the molecule is Cc1noc2nc(-c3ccco3)cc(C(=O)N[C@@H](C)c3ccccc3)c12. The number of carbonyl (C=O) groups excluding carboxylic acids is 1. The monoisotopic (exact) mass is 347 g/mol. The zero-order valence-electron chi connectivity index (χ0n) is 14.4. The van der Waals surface area contributed by atoms with Gasteiger partial charge in [0.25, 0.3) is 11.6 Å². The molecular weight excluding hydrogens is 330 g/mol. The lowest BCUT2D eigenvalue weighted by Crippen LogP contribution is -2.27. The molecule has 0 spiro atoms. The number of hydrogen-bond acceptors (Lipinski definition) is 5. The van der Waals surface area contributed by atoms with Gasteiger partial charge in [-0.15, -0.1) is 0 Å². The number of rotatable bonds is 4. The summed E-state index contributed by atoms with van der Waals surface area (Å²) in [4.78, 5) is 17.4. The van der Waals surface area contributed by atoms with Gasteiger partial charge in [-0.05, 0) is 37.6 Å². The molecule has 1 atom stereocenters. The van der Waals surface area contributed by atoms with Crippen molar-refractivity contribution in [2.45, 2.75) is 19.9 Å². The molecule has 0 fully saturated rings. The molecule has 1 amide bonds. The van der Waals surface area contributed by atoms with Gasteiger partial charge in [-0.1, -0.05) is 35.5 Å². The van der Waals surface area contributed by atoms with Gasteiger partial charge in [0, 0.05) is 0 Å². The summed E-state index contributed by atoms with van der Waals surface area (Å²) in [6.07, 6.45) is 1.56. The van der Waals surface area contributed by atoms with E-state index in [4.69, 9.17) is 8.94 Å². The molecule has 0 saturated heterocycles. The fourth-order valence-electron chi connectivity index (χ4n) is 2.92. The first-order valence-electron chi connectivity index (χ1n) is 8.30. The minimum absolute atomic E-state index is 0.140. The number of nitrogens with one attached hydrogen (secondary N) is 1. The van der Waals surface area contributed by atoms with Gasteiger partial charge in [-0.3, -0.25) is 4.79 Å². The lowest BCUT2D eigenvalue weighted by atomic mass is 10.1. The zero-order chi connectivity index (χ0) is 18.1. The maximum Gasteiger partial charge on any atom is 0.259 e. The summed E-state index contributed by atoms with van der Waals surface area (Å²) in [5.41, 5.74) is 2.95. The smallest absolute Gasteiger partial charge is 0.259 e. The van der Waals surface area contributed by atoms with E-state index in [2.05, 4.69) is 15.5 Å². The first-order valence-corrected chi connectivity index (χ1v) is 8.30. The minimum Gasteiger partial charge on any atom is -0.463 e. The molecule has 1 N–H and O–H groups in total. The van der Waals surface area contributed by atoms with Crippen LogP contribution in [0.2, 0.25) is 0 Å². The average molecular weight is 347 g/mol. The average Bonchev–Trinajstić information content (AvgIpc) is 3.32. The lowest BCUT2D eigenvalue weighted by Gasteiger charge is -2.15. The summed E-state index contributed by atoms with van der Waals surface area (Å²) in [5.74, 6) is 0.346. The molecule has 0 radical (unpaired) electrons. The molecular formula is C20H17N3O3. The molecule has 4 rings (SSSR count). The molecule has 0 aliphatic rings. The van der Waals surface area contributed by atoms with Crippen LogP contribution in [0.1, 0.15) is 34.6 Å². The van der Waals surface area contributed by atoms with Crippen molar-refractivity contribution in [1.29, 1.82) is 0 Å². The van der Waals surface area contributed by atoms with Gasteiger partial charge in [0.2, 0.25) is 0 Å². The van der Waals surface area contributed by atoms with Crippen molar-refractivity contribution in [3.05, 3.63) is 71.6 Å². The van der Waals surface area contributed by atoms with Gasteiger partial charge >= 0.3 is 0 Å². The molecule has 4 aromatic rings. The number of pyridine rings is 1. The first-order chi connectivity index (χ1) is 12.6. The summed E-state index contributed by atoms with van der Waals surface area (Å²) in [6.45, 7) is 3.73. The molecule has 3 heterocycles. The Labute approximate surface area is 149 Å². The van der Waals surface area contributed by atoms with Gasteiger partial charge in [0.1, 0.15) is 5.69 Å². The van der Waals surface area contributed by atoms with E-state index >= 15 is 0 Å². The van der Waals surface area contributed by atoms with E-state index in [1.165, 1.54) is 0 Å². The van der Waals surface area contributed by atoms with Crippen LogP contribution in [0.3, 0.4) is 0 Å². The highest BCUT2D eigenvalue weighted by molar-refractivity contribution is 6.07. The second kappa shape index (κ2) is 6.48. The Hall–Kier alpha value is -3.41. The largest absolute Gasteiger partial charge is 0.463 e. The Bertz CT molecular complexity index is 1050. The fourth-order valence-corrected chi connectivity index (χ4v) is 2.92. The van der Waals surface area contributed by atoms with Gasteiger partial charge in [-0.2, -0.15) is 0 Å². The number of aromatic nitrogens is 2. The van der Waals surface area contributed by atoms with Crippen molar-refractivity contribution in [2.24, 2.45) is 0 Å². The van der Waals surface area contributed by atoms with Crippen molar-refractivity contribution in [1.82, 2.24) is 15.5 Å². The molecule has 130 valence electrons. The zero-order valence-corrected chi connectivity index (χ0v) is 14.4. The second-order valence-corrected chi connectivity index (χ2v) is 6.09. The summed E-state index contributed by atoms with van der Waals surface area (Å²) in [5, 5.41) is 7.59. The number of benzene rings is 1. The number of aryl methyl sites for hydroxylation is 1. The van der Waals surface area contributed by atoms with Gasteiger partial charge in [0.05, 0.1) is 28.9 Å². The molecule has 6 nitrogen and oxygen atoms in total. The molecule has 3 aromatic heterocycles. The minimum atomic E-state index is -0.215. The third-order valence-corrected chi connectivity index (χ3v) is 4.28. The number of hydrogen-bond donors (Lipinski definition) is 1. The number of nitrogens with zero attached hydrogens (tertiary/aromatic N) is 2. The van der Waals surface area contributed by atoms with Gasteiger partial charge < -0.3 is 14.3 Å². The molecule has 26 heavy (non-hydrogen) atoms. The Morgan fingerprint density at radius 3 is 2.69 bits per heavy atom. The highest BCUT2D eigenvalue weighted by Crippen LogP contribution is 2.27. The van der Waals surface area contributed by atoms with E-state index in [0.29, 0.717) is 33.8 Å². The fraction of sp³-hybridized carbons (Fsp3) is 0.150. The quantitative estimate of drug-likeness (QED) is 0.596. The summed E-state index contributed by atoms with van der Waals surface area (Å²) in [7, 11) is 0. The van der Waals surface area contributed by atoms with Crippen molar-refractivity contribution < 1.29 is 13.7 Å². The second-order valence-electron chi connectivity index (χ2n) is 6.09. The van der Waals surface area contributed by atoms with Gasteiger partial charge in [-0.25, -0.2) is 4.98 Å². The highest BCUT2D eigenvalue weighted by atomic mass is 16.5. The number of amides is 1. The molecule has 0 saturated carbocycles. The third kappa shape index (κ3) is 2.86. The van der Waals surface area contributed by atoms with Crippen LogP contribution in [0.5, 0.6) is 0 Å². The van der Waals surface area contributed by atoms with Crippen LogP contribution in [0.25, 0.3) is 22.6 Å². The molecule has 1 aromatic carbocycles. The normalized spacial score (nSPS) is 12.2. The van der Waals surface area contributed by atoms with E-state index < -0.39 is 0 Å². The number of furan rings is 1. The Kier molecular flexibility index (Phi) is 4.01. The topological polar surface area (TPSA) is 81.2 Å². The van der Waals surface area contributed by atoms with Crippen LogP contribution in [-0.4, -0.2) is 16.0 Å². The van der Waals surface area contributed by atoms with Crippen LogP contribution in [0, 0.1) is 6.92 Å². The maximum absolute atomic E-state index is 13.0. The molecule has 0 bridgehead atoms. The highest BCUT2D eigenvalue weighted by Gasteiger charge is 2.21. The summed E-state index contributed by atoms with van der Waals surface area (Å²) < 4.78 is 10.7. The van der Waals surface area contributed by atoms with E-state index in [-0.39, 0.29) is 11.9 Å². The van der Waals surface area contributed by atoms with Crippen molar-refractivity contribution in [3.63, 3.8) is 0 Å². The number of carbonyl (C=O) groups is 1. The Morgan fingerprint density at radius 2 is 1.96 bits per heavy atom. The lowest BCUT2D eigenvalue weighted by molar-refractivity contribution is 0.0941. The van der Waals surface area contributed by atoms with Crippen LogP contribution in [0.15, 0.2) is 63.7 Å². The van der Waals surface area contributed by atoms with E-state index in [0.717, 1.165) is 5.56 Å². The van der Waals surface area contributed by atoms with Crippen molar-refractivity contribution in [2.75, 3.05) is 0 Å². The maximum atomic E-state index is 13.0. The van der Waals surface area contributed by atoms with Crippen LogP contribution >= 0.6 is 0 Å². The van der Waals surface area contributed by atoms with E-state index in [1.807, 2.05) is 37.3 Å². The summed E-state index contributed by atoms with van der Waals surface area (Å²) in [6, 6.07) is 14.9. The Balaban J connectivity index is 1.74. The van der Waals surface area contributed by atoms with Gasteiger partial charge in [0.15, 0.2) is 5.76 Å². The Morgan fingerprint density at radius 1 is 1.15 bits per heavy atom. The number of fused-ring (bicyclic) bond motifs is 1. The van der Waals surface area contributed by atoms with Crippen molar-refractivity contribution >= 4 is 17.0 Å². The van der Waals surface area contributed by atoms with Crippen LogP contribution in [-0.2, 0) is 0 Å². The predicted molar refractivity (Wildman–Crippen MR) is 96.6 cm³/mol. The van der Waals surface area contributed by atoms with E-state index in [9.17, 15) is 4.79 Å². The summed E-state index contributed by atoms with van der Waals surface area (Å²) >= 11 is 0. The van der Waals surface area contributed by atoms with E-state index in [1.54, 1.807) is 31.4 Å². The molecule has 6 heteroatoms. The third-order valence-electron chi connectivity index (χ3n) is 4.28. The molecule has 0 aliphatic carbocycles. The van der Waals surface area contributed by atoms with Crippen molar-refractivity contribution in [3.8, 4) is 11.5 Å². The molecule has 0 unspecified atom stereocenters. The van der Waals surface area contributed by atoms with Crippen LogP contribution in [0.4, 0.5) is 0 Å². The standard InChI is InChI=1S/C20H17N3O3/c1-12(14-7-4-3-5-8-14)21-19(24)15-11-16(17-9-6-10-25-17)22-20-18(15)13(2)23-26-20/h3-12H,1-2H3,(H,21,24)/t12-/m0/s1.